The summed E-state index contributed by atoms with van der Waals surface area (Å²) < 4.78 is 0. The molecule has 0 bridgehead atoms. The third-order valence-corrected chi connectivity index (χ3v) is 7.13. The number of nitrogens with two attached hydrogens (primary N) is 1. The molecule has 0 aliphatic carbocycles. The number of carbonyl (C=O) groups is 4. The van der Waals surface area contributed by atoms with Gasteiger partial charge in [-0.1, -0.05) is 24.3 Å². The molecule has 4 amide bonds. The first-order valence-electron chi connectivity index (χ1n) is 12.0. The van der Waals surface area contributed by atoms with E-state index in [1.165, 1.54) is 0 Å². The van der Waals surface area contributed by atoms with E-state index >= 15 is 0 Å². The molecule has 9 nitrogen and oxygen atoms in total. The largest absolute Gasteiger partial charge is 0.399 e. The third kappa shape index (κ3) is 4.77. The molecule has 35 heavy (non-hydrogen) atoms. The number of nitrogens with zero attached hydrogens (tertiary/aromatic N) is 3. The average molecular weight is 476 g/mol. The van der Waals surface area contributed by atoms with Crippen molar-refractivity contribution in [2.45, 2.75) is 38.4 Å². The molecular formula is C26H29N5O4. The number of nitrogens with one attached hydrogen (secondary N) is 1. The lowest BCUT2D eigenvalue weighted by Crippen LogP contribution is -2.52. The van der Waals surface area contributed by atoms with Crippen LogP contribution in [0.3, 0.4) is 0 Å². The highest BCUT2D eigenvalue weighted by atomic mass is 16.2. The van der Waals surface area contributed by atoms with Crippen LogP contribution in [0, 0.1) is 0 Å². The van der Waals surface area contributed by atoms with Crippen LogP contribution in [0.4, 0.5) is 5.69 Å². The van der Waals surface area contributed by atoms with E-state index in [1.54, 1.807) is 11.0 Å². The van der Waals surface area contributed by atoms with Crippen molar-refractivity contribution in [2.24, 2.45) is 0 Å². The average Bonchev–Trinajstić information content (AvgIpc) is 3.18. The van der Waals surface area contributed by atoms with E-state index in [0.29, 0.717) is 50.3 Å². The number of nitrogen functional groups attached to an aromatic ring is 1. The maximum absolute atomic E-state index is 13.1. The lowest BCUT2D eigenvalue weighted by atomic mass is 10.0. The molecule has 2 saturated heterocycles. The van der Waals surface area contributed by atoms with Crippen LogP contribution in [0.2, 0.25) is 0 Å². The number of imide groups is 1. The normalized spacial score (nSPS) is 20.7. The van der Waals surface area contributed by atoms with Gasteiger partial charge in [-0.3, -0.25) is 29.4 Å². The van der Waals surface area contributed by atoms with Crippen molar-refractivity contribution >= 4 is 29.3 Å². The second-order valence-electron chi connectivity index (χ2n) is 9.42. The molecule has 5 rings (SSSR count). The van der Waals surface area contributed by atoms with Crippen molar-refractivity contribution in [3.63, 3.8) is 0 Å². The van der Waals surface area contributed by atoms with Crippen LogP contribution in [-0.4, -0.2) is 70.5 Å². The van der Waals surface area contributed by atoms with E-state index < -0.39 is 11.9 Å². The monoisotopic (exact) mass is 475 g/mol. The summed E-state index contributed by atoms with van der Waals surface area (Å²) in [5.74, 6) is -0.735. The molecule has 9 heteroatoms. The zero-order valence-electron chi connectivity index (χ0n) is 19.5. The summed E-state index contributed by atoms with van der Waals surface area (Å²) in [4.78, 5) is 55.4. The Morgan fingerprint density at radius 2 is 1.74 bits per heavy atom. The van der Waals surface area contributed by atoms with Crippen LogP contribution >= 0.6 is 0 Å². The number of hydrogen-bond acceptors (Lipinski definition) is 6. The summed E-state index contributed by atoms with van der Waals surface area (Å²) in [6.45, 7) is 3.87. The molecule has 2 aromatic carbocycles. The van der Waals surface area contributed by atoms with E-state index in [4.69, 9.17) is 5.73 Å². The summed E-state index contributed by atoms with van der Waals surface area (Å²) in [5, 5.41) is 2.35. The number of rotatable bonds is 5. The molecule has 0 saturated carbocycles. The first-order valence-corrected chi connectivity index (χ1v) is 12.0. The topological polar surface area (TPSA) is 116 Å². The Kier molecular flexibility index (Phi) is 6.25. The SMILES string of the molecule is Nc1ccc(CC(=O)N2CCN(Cc3cccc4c3CN(C3CCC(=O)NC3=O)C4=O)CC2)cc1. The van der Waals surface area contributed by atoms with Crippen molar-refractivity contribution in [1.82, 2.24) is 20.0 Å². The van der Waals surface area contributed by atoms with E-state index in [-0.39, 0.29) is 24.1 Å². The van der Waals surface area contributed by atoms with E-state index in [9.17, 15) is 19.2 Å². The third-order valence-electron chi connectivity index (χ3n) is 7.13. The van der Waals surface area contributed by atoms with Gasteiger partial charge in [-0.25, -0.2) is 0 Å². The first-order chi connectivity index (χ1) is 16.9. The molecule has 1 atom stereocenters. The number of carbonyl (C=O) groups excluding carboxylic acids is 4. The zero-order chi connectivity index (χ0) is 24.5. The van der Waals surface area contributed by atoms with Gasteiger partial charge in [0.25, 0.3) is 5.91 Å². The summed E-state index contributed by atoms with van der Waals surface area (Å²) in [5.41, 5.74) is 10.0. The predicted molar refractivity (Wildman–Crippen MR) is 129 cm³/mol. The minimum Gasteiger partial charge on any atom is -0.399 e. The van der Waals surface area contributed by atoms with Crippen molar-refractivity contribution in [2.75, 3.05) is 31.9 Å². The number of piperidine rings is 1. The molecule has 2 fully saturated rings. The Balaban J connectivity index is 1.20. The molecule has 0 radical (unpaired) electrons. The van der Waals surface area contributed by atoms with Crippen LogP contribution in [-0.2, 0) is 33.9 Å². The van der Waals surface area contributed by atoms with Gasteiger partial charge >= 0.3 is 0 Å². The summed E-state index contributed by atoms with van der Waals surface area (Å²) in [6.07, 6.45) is 0.960. The molecule has 3 aliphatic rings. The number of anilines is 1. The maximum atomic E-state index is 13.1. The fourth-order valence-corrected chi connectivity index (χ4v) is 5.12. The second-order valence-corrected chi connectivity index (χ2v) is 9.42. The van der Waals surface area contributed by atoms with Crippen LogP contribution < -0.4 is 11.1 Å². The molecule has 3 N–H and O–H groups in total. The Morgan fingerprint density at radius 3 is 2.46 bits per heavy atom. The highest BCUT2D eigenvalue weighted by molar-refractivity contribution is 6.05. The minimum atomic E-state index is -0.615. The molecule has 0 aromatic heterocycles. The van der Waals surface area contributed by atoms with Gasteiger partial charge in [0.1, 0.15) is 6.04 Å². The lowest BCUT2D eigenvalue weighted by Gasteiger charge is -2.35. The van der Waals surface area contributed by atoms with Crippen LogP contribution in [0.1, 0.15) is 39.9 Å². The van der Waals surface area contributed by atoms with Crippen LogP contribution in [0.15, 0.2) is 42.5 Å². The van der Waals surface area contributed by atoms with E-state index in [2.05, 4.69) is 10.2 Å². The van der Waals surface area contributed by atoms with Crippen molar-refractivity contribution in [3.05, 3.63) is 64.7 Å². The van der Waals surface area contributed by atoms with Crippen LogP contribution in [0.5, 0.6) is 0 Å². The summed E-state index contributed by atoms with van der Waals surface area (Å²) >= 11 is 0. The molecule has 3 aliphatic heterocycles. The van der Waals surface area contributed by atoms with Gasteiger partial charge in [-0.2, -0.15) is 0 Å². The Morgan fingerprint density at radius 1 is 1.00 bits per heavy atom. The first kappa shape index (κ1) is 23.0. The number of hydrogen-bond donors (Lipinski definition) is 2. The van der Waals surface area contributed by atoms with Gasteiger partial charge in [0.2, 0.25) is 17.7 Å². The van der Waals surface area contributed by atoms with Gasteiger partial charge < -0.3 is 15.5 Å². The molecule has 3 heterocycles. The molecule has 182 valence electrons. The second kappa shape index (κ2) is 9.50. The van der Waals surface area contributed by atoms with Gasteiger partial charge in [-0.15, -0.1) is 0 Å². The molecule has 1 unspecified atom stereocenters. The van der Waals surface area contributed by atoms with E-state index in [0.717, 1.165) is 29.8 Å². The number of amides is 4. The number of fused-ring (bicyclic) bond motifs is 1. The summed E-state index contributed by atoms with van der Waals surface area (Å²) in [7, 11) is 0. The van der Waals surface area contributed by atoms with Crippen molar-refractivity contribution < 1.29 is 19.2 Å². The quantitative estimate of drug-likeness (QED) is 0.491. The molecule has 0 spiro atoms. The highest BCUT2D eigenvalue weighted by Gasteiger charge is 2.39. The van der Waals surface area contributed by atoms with Gasteiger partial charge in [0.05, 0.1) is 6.42 Å². The van der Waals surface area contributed by atoms with Gasteiger partial charge in [-0.05, 0) is 41.3 Å². The molecular weight excluding hydrogens is 446 g/mol. The predicted octanol–water partition coefficient (Wildman–Crippen LogP) is 0.917. The standard InChI is InChI=1S/C26H29N5O4/c27-19-6-4-17(5-7-19)14-24(33)30-12-10-29(11-13-30)15-18-2-1-3-20-21(18)16-31(26(20)35)22-8-9-23(32)28-25(22)34/h1-7,22H,8-16,27H2,(H,28,32,34). The van der Waals surface area contributed by atoms with Crippen LogP contribution in [0.25, 0.3) is 0 Å². The number of piperazine rings is 1. The molecule has 2 aromatic rings. The fraction of sp³-hybridized carbons (Fsp3) is 0.385. The fourth-order valence-electron chi connectivity index (χ4n) is 5.12. The Bertz CT molecular complexity index is 1170. The zero-order valence-corrected chi connectivity index (χ0v) is 19.5. The number of benzene rings is 2. The maximum Gasteiger partial charge on any atom is 0.255 e. The van der Waals surface area contributed by atoms with E-state index in [1.807, 2.05) is 41.3 Å². The minimum absolute atomic E-state index is 0.112. The lowest BCUT2D eigenvalue weighted by molar-refractivity contribution is -0.137. The Labute approximate surface area is 203 Å². The van der Waals surface area contributed by atoms with Crippen molar-refractivity contribution in [3.8, 4) is 0 Å². The van der Waals surface area contributed by atoms with Gasteiger partial charge in [0, 0.05) is 56.9 Å². The Hall–Kier alpha value is -3.72. The highest BCUT2D eigenvalue weighted by Crippen LogP contribution is 2.30. The van der Waals surface area contributed by atoms with Crippen molar-refractivity contribution in [1.29, 1.82) is 0 Å². The van der Waals surface area contributed by atoms with Gasteiger partial charge in [0.15, 0.2) is 0 Å². The smallest absolute Gasteiger partial charge is 0.255 e. The summed E-state index contributed by atoms with van der Waals surface area (Å²) in [6, 6.07) is 12.5.